The summed E-state index contributed by atoms with van der Waals surface area (Å²) in [6.07, 6.45) is 3.33. The van der Waals surface area contributed by atoms with Gasteiger partial charge in [-0.2, -0.15) is 0 Å². The first kappa shape index (κ1) is 20.9. The molecule has 0 radical (unpaired) electrons. The first-order valence-corrected chi connectivity index (χ1v) is 9.37. The van der Waals surface area contributed by atoms with Crippen LogP contribution in [0.4, 0.5) is 0 Å². The molecule has 0 unspecified atom stereocenters. The second kappa shape index (κ2) is 10.1. The Bertz CT molecular complexity index is 1000. The fourth-order valence-corrected chi connectivity index (χ4v) is 2.83. The van der Waals surface area contributed by atoms with Crippen molar-refractivity contribution in [2.24, 2.45) is 0 Å². The Labute approximate surface area is 175 Å². The van der Waals surface area contributed by atoms with Crippen LogP contribution in [-0.2, 0) is 13.1 Å². The number of nitrogens with zero attached hydrogens (tertiary/aromatic N) is 1. The molecule has 7 heteroatoms. The van der Waals surface area contributed by atoms with Crippen LogP contribution >= 0.6 is 0 Å². The summed E-state index contributed by atoms with van der Waals surface area (Å²) < 4.78 is 10.4. The molecule has 0 spiro atoms. The molecule has 30 heavy (non-hydrogen) atoms. The second-order valence-electron chi connectivity index (χ2n) is 6.48. The van der Waals surface area contributed by atoms with Crippen LogP contribution in [0.2, 0.25) is 0 Å². The highest BCUT2D eigenvalue weighted by molar-refractivity contribution is 6.01. The maximum atomic E-state index is 12.7. The Morgan fingerprint density at radius 1 is 0.800 bits per heavy atom. The van der Waals surface area contributed by atoms with E-state index in [-0.39, 0.29) is 11.8 Å². The molecule has 2 N–H and O–H groups in total. The number of carbonyl (C=O) groups excluding carboxylic acids is 2. The Hall–Kier alpha value is -3.87. The number of methoxy groups -OCH3 is 2. The third kappa shape index (κ3) is 5.35. The van der Waals surface area contributed by atoms with Crippen molar-refractivity contribution >= 4 is 11.8 Å². The smallest absolute Gasteiger partial charge is 0.255 e. The van der Waals surface area contributed by atoms with Crippen LogP contribution < -0.4 is 20.1 Å². The molecule has 0 bridgehead atoms. The van der Waals surface area contributed by atoms with E-state index >= 15 is 0 Å². The fourth-order valence-electron chi connectivity index (χ4n) is 2.83. The standard InChI is InChI=1S/C23H23N3O4/c1-29-19-6-3-16(4-7-19)14-26-23(28)20-13-18(5-8-21(20)30-2)22(27)25-15-17-9-11-24-12-10-17/h3-13H,14-15H2,1-2H3,(H,25,27)(H,26,28). The Morgan fingerprint density at radius 2 is 1.43 bits per heavy atom. The lowest BCUT2D eigenvalue weighted by Crippen LogP contribution is -2.26. The van der Waals surface area contributed by atoms with Crippen molar-refractivity contribution in [2.45, 2.75) is 13.1 Å². The summed E-state index contributed by atoms with van der Waals surface area (Å²) in [5.74, 6) is 0.537. The van der Waals surface area contributed by atoms with Gasteiger partial charge in [-0.15, -0.1) is 0 Å². The number of hydrogen-bond donors (Lipinski definition) is 2. The largest absolute Gasteiger partial charge is 0.497 e. The van der Waals surface area contributed by atoms with E-state index in [1.807, 2.05) is 36.4 Å². The minimum Gasteiger partial charge on any atom is -0.497 e. The molecule has 3 aromatic rings. The SMILES string of the molecule is COc1ccc(CNC(=O)c2cc(C(=O)NCc3ccncc3)ccc2OC)cc1. The van der Waals surface area contributed by atoms with E-state index in [4.69, 9.17) is 9.47 Å². The summed E-state index contributed by atoms with van der Waals surface area (Å²) in [5.41, 5.74) is 2.53. The van der Waals surface area contributed by atoms with Gasteiger partial charge in [-0.1, -0.05) is 12.1 Å². The summed E-state index contributed by atoms with van der Waals surface area (Å²) in [6.45, 7) is 0.705. The van der Waals surface area contributed by atoms with Crippen molar-refractivity contribution in [1.29, 1.82) is 0 Å². The molecule has 0 aliphatic rings. The molecule has 0 saturated carbocycles. The lowest BCUT2D eigenvalue weighted by molar-refractivity contribution is 0.0948. The predicted octanol–water partition coefficient (Wildman–Crippen LogP) is 2.96. The predicted molar refractivity (Wildman–Crippen MR) is 113 cm³/mol. The van der Waals surface area contributed by atoms with Crippen LogP contribution in [0, 0.1) is 0 Å². The van der Waals surface area contributed by atoms with Gasteiger partial charge in [-0.05, 0) is 53.6 Å². The van der Waals surface area contributed by atoms with E-state index in [1.54, 1.807) is 31.6 Å². The van der Waals surface area contributed by atoms with E-state index in [2.05, 4.69) is 15.6 Å². The Morgan fingerprint density at radius 3 is 2.07 bits per heavy atom. The Balaban J connectivity index is 1.68. The first-order chi connectivity index (χ1) is 14.6. The number of amides is 2. The van der Waals surface area contributed by atoms with Crippen LogP contribution in [-0.4, -0.2) is 31.0 Å². The third-order valence-electron chi connectivity index (χ3n) is 4.52. The minimum absolute atomic E-state index is 0.279. The van der Waals surface area contributed by atoms with E-state index < -0.39 is 0 Å². The highest BCUT2D eigenvalue weighted by Crippen LogP contribution is 2.20. The molecule has 2 aromatic carbocycles. The van der Waals surface area contributed by atoms with Gasteiger partial charge in [0.05, 0.1) is 19.8 Å². The van der Waals surface area contributed by atoms with E-state index in [1.165, 1.54) is 13.2 Å². The highest BCUT2D eigenvalue weighted by atomic mass is 16.5. The van der Waals surface area contributed by atoms with Crippen LogP contribution in [0.5, 0.6) is 11.5 Å². The fraction of sp³-hybridized carbons (Fsp3) is 0.174. The molecule has 0 atom stereocenters. The maximum absolute atomic E-state index is 12.7. The zero-order valence-electron chi connectivity index (χ0n) is 16.8. The molecule has 154 valence electrons. The number of carbonyl (C=O) groups is 2. The number of rotatable bonds is 8. The van der Waals surface area contributed by atoms with Gasteiger partial charge in [0.15, 0.2) is 0 Å². The van der Waals surface area contributed by atoms with Crippen LogP contribution in [0.1, 0.15) is 31.8 Å². The summed E-state index contributed by atoms with van der Waals surface area (Å²) in [4.78, 5) is 29.2. The van der Waals surface area contributed by atoms with Gasteiger partial charge < -0.3 is 20.1 Å². The molecule has 1 heterocycles. The zero-order valence-corrected chi connectivity index (χ0v) is 16.8. The van der Waals surface area contributed by atoms with Crippen LogP contribution in [0.25, 0.3) is 0 Å². The number of nitrogens with one attached hydrogen (secondary N) is 2. The molecule has 1 aromatic heterocycles. The van der Waals surface area contributed by atoms with Gasteiger partial charge in [-0.3, -0.25) is 14.6 Å². The summed E-state index contributed by atoms with van der Waals surface area (Å²) in [6, 6.07) is 15.8. The number of pyridine rings is 1. The summed E-state index contributed by atoms with van der Waals surface area (Å²) in [5, 5.41) is 5.69. The number of benzene rings is 2. The van der Waals surface area contributed by atoms with Crippen LogP contribution in [0.15, 0.2) is 67.0 Å². The molecule has 3 rings (SSSR count). The third-order valence-corrected chi connectivity index (χ3v) is 4.52. The van der Waals surface area contributed by atoms with E-state index in [0.717, 1.165) is 16.9 Å². The number of ether oxygens (including phenoxy) is 2. The molecular weight excluding hydrogens is 382 g/mol. The topological polar surface area (TPSA) is 89.5 Å². The van der Waals surface area contributed by atoms with Crippen molar-refractivity contribution < 1.29 is 19.1 Å². The lowest BCUT2D eigenvalue weighted by Gasteiger charge is -2.12. The van der Waals surface area contributed by atoms with Gasteiger partial charge >= 0.3 is 0 Å². The van der Waals surface area contributed by atoms with Crippen LogP contribution in [0.3, 0.4) is 0 Å². The maximum Gasteiger partial charge on any atom is 0.255 e. The zero-order chi connectivity index (χ0) is 21.3. The molecule has 0 aliphatic carbocycles. The second-order valence-corrected chi connectivity index (χ2v) is 6.48. The van der Waals surface area contributed by atoms with Gasteiger partial charge in [0.25, 0.3) is 11.8 Å². The van der Waals surface area contributed by atoms with Gasteiger partial charge in [0, 0.05) is 31.0 Å². The normalized spacial score (nSPS) is 10.2. The summed E-state index contributed by atoms with van der Waals surface area (Å²) >= 11 is 0. The van der Waals surface area contributed by atoms with Crippen molar-refractivity contribution in [3.63, 3.8) is 0 Å². The average Bonchev–Trinajstić information content (AvgIpc) is 2.81. The van der Waals surface area contributed by atoms with E-state index in [0.29, 0.717) is 30.0 Å². The highest BCUT2D eigenvalue weighted by Gasteiger charge is 2.16. The van der Waals surface area contributed by atoms with Crippen molar-refractivity contribution in [3.05, 3.63) is 89.2 Å². The van der Waals surface area contributed by atoms with Crippen molar-refractivity contribution in [3.8, 4) is 11.5 Å². The summed E-state index contributed by atoms with van der Waals surface area (Å²) in [7, 11) is 3.09. The Kier molecular flexibility index (Phi) is 7.00. The monoisotopic (exact) mass is 405 g/mol. The van der Waals surface area contributed by atoms with Crippen molar-refractivity contribution in [1.82, 2.24) is 15.6 Å². The van der Waals surface area contributed by atoms with Gasteiger partial charge in [0.1, 0.15) is 11.5 Å². The molecule has 0 fully saturated rings. The average molecular weight is 405 g/mol. The van der Waals surface area contributed by atoms with Crippen molar-refractivity contribution in [2.75, 3.05) is 14.2 Å². The molecule has 7 nitrogen and oxygen atoms in total. The molecule has 0 aliphatic heterocycles. The van der Waals surface area contributed by atoms with Gasteiger partial charge in [0.2, 0.25) is 0 Å². The minimum atomic E-state index is -0.327. The number of aromatic nitrogens is 1. The molecule has 2 amide bonds. The van der Waals surface area contributed by atoms with E-state index in [9.17, 15) is 9.59 Å². The lowest BCUT2D eigenvalue weighted by atomic mass is 10.1. The van der Waals surface area contributed by atoms with Gasteiger partial charge in [-0.25, -0.2) is 0 Å². The molecule has 0 saturated heterocycles. The first-order valence-electron chi connectivity index (χ1n) is 9.37. The molecular formula is C23H23N3O4. The number of hydrogen-bond acceptors (Lipinski definition) is 5. The quantitative estimate of drug-likeness (QED) is 0.601.